The Bertz CT molecular complexity index is 745. The number of nitrogens with zero attached hydrogens (tertiary/aromatic N) is 3. The highest BCUT2D eigenvalue weighted by molar-refractivity contribution is 5.73. The number of ether oxygens (including phenoxy) is 2. The van der Waals surface area contributed by atoms with E-state index in [2.05, 4.69) is 25.4 Å². The number of hydrogen-bond acceptors (Lipinski definition) is 5. The van der Waals surface area contributed by atoms with Crippen molar-refractivity contribution in [3.05, 3.63) is 35.9 Å². The van der Waals surface area contributed by atoms with Gasteiger partial charge in [-0.25, -0.2) is 4.79 Å². The van der Waals surface area contributed by atoms with E-state index >= 15 is 0 Å². The number of carbonyl (C=O) groups is 1. The Morgan fingerprint density at radius 1 is 1.25 bits per heavy atom. The van der Waals surface area contributed by atoms with Crippen molar-refractivity contribution in [3.8, 4) is 11.5 Å². The Morgan fingerprint density at radius 2 is 2.12 bits per heavy atom. The monoisotopic (exact) mass is 329 g/mol. The van der Waals surface area contributed by atoms with Crippen LogP contribution in [0.1, 0.15) is 18.1 Å². The summed E-state index contributed by atoms with van der Waals surface area (Å²) in [6.45, 7) is 2.07. The predicted molar refractivity (Wildman–Crippen MR) is 84.9 cm³/mol. The lowest BCUT2D eigenvalue weighted by Crippen LogP contribution is -2.44. The highest BCUT2D eigenvalue weighted by Crippen LogP contribution is 2.30. The Labute approximate surface area is 139 Å². The molecule has 126 valence electrons. The third-order valence-corrected chi connectivity index (χ3v) is 4.15. The van der Waals surface area contributed by atoms with Crippen LogP contribution in [0.4, 0.5) is 4.79 Å². The molecule has 2 N–H and O–H groups in total. The van der Waals surface area contributed by atoms with Gasteiger partial charge in [0.05, 0.1) is 13.1 Å². The molecular formula is C16H19N5O3. The fourth-order valence-corrected chi connectivity index (χ4v) is 2.93. The fraction of sp³-hybridized carbons (Fsp3) is 0.438. The van der Waals surface area contributed by atoms with Crippen molar-refractivity contribution in [2.45, 2.75) is 32.0 Å². The van der Waals surface area contributed by atoms with E-state index in [-0.39, 0.29) is 12.1 Å². The second-order valence-corrected chi connectivity index (χ2v) is 5.85. The van der Waals surface area contributed by atoms with E-state index in [4.69, 9.17) is 9.47 Å². The lowest BCUT2D eigenvalue weighted by atomic mass is 10.2. The van der Waals surface area contributed by atoms with Gasteiger partial charge in [-0.3, -0.25) is 0 Å². The molecule has 0 unspecified atom stereocenters. The first kappa shape index (κ1) is 14.8. The van der Waals surface area contributed by atoms with Crippen LogP contribution < -0.4 is 20.1 Å². The summed E-state index contributed by atoms with van der Waals surface area (Å²) in [5, 5.41) is 13.8. The molecule has 1 aromatic carbocycles. The van der Waals surface area contributed by atoms with Gasteiger partial charge in [-0.2, -0.15) is 0 Å². The van der Waals surface area contributed by atoms with Crippen molar-refractivity contribution in [2.24, 2.45) is 0 Å². The highest BCUT2D eigenvalue weighted by atomic mass is 16.6. The van der Waals surface area contributed by atoms with Crippen molar-refractivity contribution in [1.82, 2.24) is 25.4 Å². The number of rotatable bonds is 4. The summed E-state index contributed by atoms with van der Waals surface area (Å²) in [6.07, 6.45) is 1.84. The number of para-hydroxylation sites is 2. The van der Waals surface area contributed by atoms with Crippen molar-refractivity contribution >= 4 is 6.03 Å². The Balaban J connectivity index is 1.24. The third kappa shape index (κ3) is 2.99. The topological polar surface area (TPSA) is 90.3 Å². The van der Waals surface area contributed by atoms with Gasteiger partial charge in [0, 0.05) is 13.0 Å². The number of nitrogens with one attached hydrogen (secondary N) is 2. The van der Waals surface area contributed by atoms with Gasteiger partial charge in [-0.1, -0.05) is 12.1 Å². The molecule has 0 fully saturated rings. The molecule has 1 atom stereocenters. The molecule has 0 aliphatic carbocycles. The summed E-state index contributed by atoms with van der Waals surface area (Å²) in [7, 11) is 0. The molecule has 2 aliphatic heterocycles. The van der Waals surface area contributed by atoms with Gasteiger partial charge in [0.2, 0.25) is 0 Å². The van der Waals surface area contributed by atoms with Gasteiger partial charge in [0.15, 0.2) is 23.4 Å². The lowest BCUT2D eigenvalue weighted by molar-refractivity contribution is 0.0918. The van der Waals surface area contributed by atoms with E-state index in [0.29, 0.717) is 25.4 Å². The van der Waals surface area contributed by atoms with Crippen molar-refractivity contribution < 1.29 is 14.3 Å². The second kappa shape index (κ2) is 6.38. The summed E-state index contributed by atoms with van der Waals surface area (Å²) >= 11 is 0. The fourth-order valence-electron chi connectivity index (χ4n) is 2.93. The minimum Gasteiger partial charge on any atom is -0.486 e. The number of benzene rings is 1. The van der Waals surface area contributed by atoms with Crippen LogP contribution in [0.2, 0.25) is 0 Å². The molecule has 8 heteroatoms. The number of urea groups is 1. The molecule has 0 spiro atoms. The van der Waals surface area contributed by atoms with Gasteiger partial charge >= 0.3 is 6.03 Å². The minimum atomic E-state index is -0.257. The zero-order valence-electron chi connectivity index (χ0n) is 13.2. The van der Waals surface area contributed by atoms with Crippen molar-refractivity contribution in [1.29, 1.82) is 0 Å². The normalized spacial score (nSPS) is 18.1. The summed E-state index contributed by atoms with van der Waals surface area (Å²) < 4.78 is 13.5. The predicted octanol–water partition coefficient (Wildman–Crippen LogP) is 0.863. The molecule has 1 aromatic heterocycles. The number of hydrogen-bond donors (Lipinski definition) is 2. The summed E-state index contributed by atoms with van der Waals surface area (Å²) in [6, 6.07) is 7.25. The molecule has 0 radical (unpaired) electrons. The van der Waals surface area contributed by atoms with E-state index in [1.54, 1.807) is 0 Å². The average Bonchev–Trinajstić information content (AvgIpc) is 3.22. The highest BCUT2D eigenvalue weighted by Gasteiger charge is 2.21. The number of amides is 2. The molecular weight excluding hydrogens is 310 g/mol. The molecule has 0 bridgehead atoms. The van der Waals surface area contributed by atoms with Crippen LogP contribution in [0.25, 0.3) is 0 Å². The molecule has 2 aliphatic rings. The van der Waals surface area contributed by atoms with Crippen LogP contribution >= 0.6 is 0 Å². The van der Waals surface area contributed by atoms with Crippen LogP contribution in [0.5, 0.6) is 11.5 Å². The standard InChI is InChI=1S/C16H19N5O3/c22-16(18-9-15-20-19-14-6-3-7-21(14)15)17-8-11-10-23-12-4-1-2-5-13(12)24-11/h1-2,4-5,11H,3,6-10H2,(H2,17,18,22)/t11-/m1/s1. The number of aromatic nitrogens is 3. The summed E-state index contributed by atoms with van der Waals surface area (Å²) in [5.74, 6) is 3.23. The molecule has 2 aromatic rings. The Morgan fingerprint density at radius 3 is 3.04 bits per heavy atom. The molecule has 24 heavy (non-hydrogen) atoms. The smallest absolute Gasteiger partial charge is 0.315 e. The van der Waals surface area contributed by atoms with E-state index in [1.807, 2.05) is 24.3 Å². The first-order valence-corrected chi connectivity index (χ1v) is 8.11. The van der Waals surface area contributed by atoms with E-state index in [9.17, 15) is 4.79 Å². The molecule has 4 rings (SSSR count). The van der Waals surface area contributed by atoms with Crippen LogP contribution in [-0.2, 0) is 19.5 Å². The van der Waals surface area contributed by atoms with Crippen molar-refractivity contribution in [3.63, 3.8) is 0 Å². The first-order chi connectivity index (χ1) is 11.8. The van der Waals surface area contributed by atoms with Crippen LogP contribution in [0, 0.1) is 0 Å². The minimum absolute atomic E-state index is 0.206. The van der Waals surface area contributed by atoms with E-state index < -0.39 is 0 Å². The van der Waals surface area contributed by atoms with Gasteiger partial charge in [0.25, 0.3) is 0 Å². The lowest BCUT2D eigenvalue weighted by Gasteiger charge is -2.26. The molecule has 0 saturated carbocycles. The van der Waals surface area contributed by atoms with Crippen LogP contribution in [0.15, 0.2) is 24.3 Å². The molecule has 3 heterocycles. The average molecular weight is 329 g/mol. The van der Waals surface area contributed by atoms with E-state index in [0.717, 1.165) is 36.8 Å². The zero-order chi connectivity index (χ0) is 16.4. The Hall–Kier alpha value is -2.77. The SMILES string of the molecule is O=C(NCc1nnc2n1CCC2)NC[C@@H]1COc2ccccc2O1. The van der Waals surface area contributed by atoms with Gasteiger partial charge < -0.3 is 24.7 Å². The quantitative estimate of drug-likeness (QED) is 0.868. The van der Waals surface area contributed by atoms with Crippen LogP contribution in [-0.4, -0.2) is 40.1 Å². The van der Waals surface area contributed by atoms with Crippen LogP contribution in [0.3, 0.4) is 0 Å². The molecule has 8 nitrogen and oxygen atoms in total. The Kier molecular flexibility index (Phi) is 3.94. The summed E-state index contributed by atoms with van der Waals surface area (Å²) in [4.78, 5) is 12.0. The maximum Gasteiger partial charge on any atom is 0.315 e. The zero-order valence-corrected chi connectivity index (χ0v) is 13.2. The molecule has 0 saturated heterocycles. The summed E-state index contributed by atoms with van der Waals surface area (Å²) in [5.41, 5.74) is 0. The number of aryl methyl sites for hydroxylation is 1. The number of fused-ring (bicyclic) bond motifs is 2. The number of carbonyl (C=O) groups excluding carboxylic acids is 1. The van der Waals surface area contributed by atoms with E-state index in [1.165, 1.54) is 0 Å². The first-order valence-electron chi connectivity index (χ1n) is 8.11. The van der Waals surface area contributed by atoms with Crippen molar-refractivity contribution in [2.75, 3.05) is 13.2 Å². The largest absolute Gasteiger partial charge is 0.486 e. The van der Waals surface area contributed by atoms with Gasteiger partial charge in [0.1, 0.15) is 12.4 Å². The molecule has 2 amide bonds. The van der Waals surface area contributed by atoms with Gasteiger partial charge in [-0.15, -0.1) is 10.2 Å². The maximum atomic E-state index is 12.0. The van der Waals surface area contributed by atoms with Gasteiger partial charge in [-0.05, 0) is 18.6 Å². The third-order valence-electron chi connectivity index (χ3n) is 4.15. The maximum absolute atomic E-state index is 12.0. The second-order valence-electron chi connectivity index (χ2n) is 5.85.